The predicted octanol–water partition coefficient (Wildman–Crippen LogP) is 2.19. The van der Waals surface area contributed by atoms with E-state index in [1.807, 2.05) is 12.1 Å². The molecule has 0 radical (unpaired) electrons. The highest BCUT2D eigenvalue weighted by molar-refractivity contribution is 5.95. The predicted molar refractivity (Wildman–Crippen MR) is 61.1 cm³/mol. The van der Waals surface area contributed by atoms with E-state index in [1.54, 1.807) is 25.1 Å². The number of ether oxygens (including phenoxy) is 1. The van der Waals surface area contributed by atoms with Gasteiger partial charge in [0, 0.05) is 12.2 Å². The van der Waals surface area contributed by atoms with E-state index in [-0.39, 0.29) is 5.97 Å². The Balaban J connectivity index is 2.75. The molecule has 0 saturated heterocycles. The lowest BCUT2D eigenvalue weighted by Crippen LogP contribution is -2.10. The molecule has 0 atom stereocenters. The van der Waals surface area contributed by atoms with Crippen LogP contribution < -0.4 is 5.32 Å². The van der Waals surface area contributed by atoms with Crippen molar-refractivity contribution in [1.82, 2.24) is 0 Å². The molecule has 0 aliphatic heterocycles. The quantitative estimate of drug-likeness (QED) is 0.607. The molecule has 4 nitrogen and oxygen atoms in total. The van der Waals surface area contributed by atoms with E-state index in [1.165, 1.54) is 0 Å². The van der Waals surface area contributed by atoms with E-state index in [0.717, 1.165) is 0 Å². The normalized spacial score (nSPS) is 9.25. The first-order valence-electron chi connectivity index (χ1n) is 5.16. The van der Waals surface area contributed by atoms with Gasteiger partial charge in [0.05, 0.1) is 24.7 Å². The molecule has 0 aliphatic rings. The molecule has 0 aliphatic carbocycles. The fourth-order valence-electron chi connectivity index (χ4n) is 1.28. The molecule has 1 N–H and O–H groups in total. The van der Waals surface area contributed by atoms with Crippen LogP contribution in [0.15, 0.2) is 24.3 Å². The maximum absolute atomic E-state index is 11.6. The first-order chi connectivity index (χ1) is 7.79. The van der Waals surface area contributed by atoms with Crippen LogP contribution in [-0.4, -0.2) is 19.1 Å². The molecule has 0 saturated carbocycles. The first kappa shape index (κ1) is 12.1. The minimum atomic E-state index is -0.345. The monoisotopic (exact) mass is 218 g/mol. The number of esters is 1. The Labute approximate surface area is 94.8 Å². The molecule has 0 heterocycles. The first-order valence-corrected chi connectivity index (χ1v) is 5.16. The molecule has 0 amide bonds. The summed E-state index contributed by atoms with van der Waals surface area (Å²) in [5.74, 6) is -0.345. The molecule has 16 heavy (non-hydrogen) atoms. The second-order valence-electron chi connectivity index (χ2n) is 3.10. The van der Waals surface area contributed by atoms with E-state index in [2.05, 4.69) is 5.32 Å². The number of rotatable bonds is 5. The minimum Gasteiger partial charge on any atom is -0.462 e. The smallest absolute Gasteiger partial charge is 0.340 e. The van der Waals surface area contributed by atoms with E-state index in [0.29, 0.717) is 30.8 Å². The summed E-state index contributed by atoms with van der Waals surface area (Å²) in [6, 6.07) is 9.14. The molecular weight excluding hydrogens is 204 g/mol. The van der Waals surface area contributed by atoms with Crippen LogP contribution in [0.1, 0.15) is 23.7 Å². The number of nitrogens with one attached hydrogen (secondary N) is 1. The highest BCUT2D eigenvalue weighted by atomic mass is 16.5. The summed E-state index contributed by atoms with van der Waals surface area (Å²) in [6.07, 6.45) is 0.400. The van der Waals surface area contributed by atoms with Crippen LogP contribution in [0.25, 0.3) is 0 Å². The van der Waals surface area contributed by atoms with Gasteiger partial charge in [-0.25, -0.2) is 4.79 Å². The molecule has 0 unspecified atom stereocenters. The maximum Gasteiger partial charge on any atom is 0.340 e. The number of hydrogen-bond donors (Lipinski definition) is 1. The van der Waals surface area contributed by atoms with Gasteiger partial charge in [-0.3, -0.25) is 0 Å². The zero-order chi connectivity index (χ0) is 11.8. The second-order valence-corrected chi connectivity index (χ2v) is 3.10. The van der Waals surface area contributed by atoms with Crippen molar-refractivity contribution in [2.24, 2.45) is 0 Å². The van der Waals surface area contributed by atoms with Gasteiger partial charge in [0.2, 0.25) is 0 Å². The Hall–Kier alpha value is -2.02. The average molecular weight is 218 g/mol. The van der Waals surface area contributed by atoms with Gasteiger partial charge in [-0.05, 0) is 19.1 Å². The van der Waals surface area contributed by atoms with Gasteiger partial charge in [0.15, 0.2) is 0 Å². The standard InChI is InChI=1S/C12H14N2O2/c1-2-16-12(15)10-6-3-4-7-11(10)14-9-5-8-13/h3-4,6-7,14H,2,5,9H2,1H3. The third kappa shape index (κ3) is 3.28. The van der Waals surface area contributed by atoms with Crippen LogP contribution in [0, 0.1) is 11.3 Å². The van der Waals surface area contributed by atoms with Gasteiger partial charge in [-0.15, -0.1) is 0 Å². The summed E-state index contributed by atoms with van der Waals surface area (Å²) < 4.78 is 4.93. The SMILES string of the molecule is CCOC(=O)c1ccccc1NCCC#N. The van der Waals surface area contributed by atoms with Crippen molar-refractivity contribution < 1.29 is 9.53 Å². The van der Waals surface area contributed by atoms with E-state index < -0.39 is 0 Å². The molecule has 0 aromatic heterocycles. The Kier molecular flexibility index (Phi) is 4.87. The molecule has 1 aromatic rings. The second kappa shape index (κ2) is 6.46. The molecule has 0 fully saturated rings. The van der Waals surface area contributed by atoms with Crippen molar-refractivity contribution in [2.45, 2.75) is 13.3 Å². The summed E-state index contributed by atoms with van der Waals surface area (Å²) in [7, 11) is 0. The molecule has 0 bridgehead atoms. The average Bonchev–Trinajstić information content (AvgIpc) is 2.30. The highest BCUT2D eigenvalue weighted by Crippen LogP contribution is 2.15. The number of para-hydroxylation sites is 1. The fourth-order valence-corrected chi connectivity index (χ4v) is 1.28. The van der Waals surface area contributed by atoms with Crippen molar-refractivity contribution in [3.8, 4) is 6.07 Å². The lowest BCUT2D eigenvalue weighted by Gasteiger charge is -2.09. The van der Waals surface area contributed by atoms with Crippen molar-refractivity contribution >= 4 is 11.7 Å². The molecule has 4 heteroatoms. The molecule has 84 valence electrons. The zero-order valence-corrected chi connectivity index (χ0v) is 9.19. The number of nitriles is 1. The van der Waals surface area contributed by atoms with Crippen molar-refractivity contribution in [2.75, 3.05) is 18.5 Å². The largest absolute Gasteiger partial charge is 0.462 e. The van der Waals surface area contributed by atoms with Crippen LogP contribution in [0.5, 0.6) is 0 Å². The third-order valence-electron chi connectivity index (χ3n) is 1.97. The molecule has 1 rings (SSSR count). The van der Waals surface area contributed by atoms with Crippen LogP contribution in [0.4, 0.5) is 5.69 Å². The lowest BCUT2D eigenvalue weighted by molar-refractivity contribution is 0.0527. The van der Waals surface area contributed by atoms with Gasteiger partial charge in [0.25, 0.3) is 0 Å². The van der Waals surface area contributed by atoms with Gasteiger partial charge >= 0.3 is 5.97 Å². The Morgan fingerprint density at radius 1 is 1.50 bits per heavy atom. The van der Waals surface area contributed by atoms with Crippen molar-refractivity contribution in [1.29, 1.82) is 5.26 Å². The third-order valence-corrected chi connectivity index (χ3v) is 1.97. The Morgan fingerprint density at radius 3 is 2.94 bits per heavy atom. The molecule has 0 spiro atoms. The molecular formula is C12H14N2O2. The number of anilines is 1. The Bertz CT molecular complexity index is 396. The van der Waals surface area contributed by atoms with Gasteiger partial charge in [0.1, 0.15) is 0 Å². The zero-order valence-electron chi connectivity index (χ0n) is 9.19. The van der Waals surface area contributed by atoms with Gasteiger partial charge < -0.3 is 10.1 Å². The van der Waals surface area contributed by atoms with Crippen LogP contribution in [0.3, 0.4) is 0 Å². The van der Waals surface area contributed by atoms with E-state index in [4.69, 9.17) is 10.00 Å². The summed E-state index contributed by atoms with van der Waals surface area (Å²) in [4.78, 5) is 11.6. The van der Waals surface area contributed by atoms with Crippen LogP contribution >= 0.6 is 0 Å². The van der Waals surface area contributed by atoms with Gasteiger partial charge in [-0.2, -0.15) is 5.26 Å². The van der Waals surface area contributed by atoms with Crippen molar-refractivity contribution in [3.05, 3.63) is 29.8 Å². The summed E-state index contributed by atoms with van der Waals surface area (Å²) in [5.41, 5.74) is 1.21. The number of benzene rings is 1. The topological polar surface area (TPSA) is 62.1 Å². The number of hydrogen-bond acceptors (Lipinski definition) is 4. The number of nitrogens with zero attached hydrogens (tertiary/aromatic N) is 1. The summed E-state index contributed by atoms with van der Waals surface area (Å²) in [6.45, 7) is 2.64. The highest BCUT2D eigenvalue weighted by Gasteiger charge is 2.10. The summed E-state index contributed by atoms with van der Waals surface area (Å²) >= 11 is 0. The maximum atomic E-state index is 11.6. The minimum absolute atomic E-state index is 0.345. The lowest BCUT2D eigenvalue weighted by atomic mass is 10.2. The van der Waals surface area contributed by atoms with Crippen LogP contribution in [-0.2, 0) is 4.74 Å². The Morgan fingerprint density at radius 2 is 2.25 bits per heavy atom. The molecule has 1 aromatic carbocycles. The van der Waals surface area contributed by atoms with E-state index >= 15 is 0 Å². The number of carbonyl (C=O) groups is 1. The van der Waals surface area contributed by atoms with E-state index in [9.17, 15) is 4.79 Å². The van der Waals surface area contributed by atoms with Crippen molar-refractivity contribution in [3.63, 3.8) is 0 Å². The fraction of sp³-hybridized carbons (Fsp3) is 0.333. The summed E-state index contributed by atoms with van der Waals surface area (Å²) in [5, 5.41) is 11.5. The van der Waals surface area contributed by atoms with Crippen LogP contribution in [0.2, 0.25) is 0 Å². The number of carbonyl (C=O) groups excluding carboxylic acids is 1. The van der Waals surface area contributed by atoms with Gasteiger partial charge in [-0.1, -0.05) is 12.1 Å².